The Bertz CT molecular complexity index is 813. The summed E-state index contributed by atoms with van der Waals surface area (Å²) in [5.74, 6) is 0. The lowest BCUT2D eigenvalue weighted by molar-refractivity contribution is -0.929. The van der Waals surface area contributed by atoms with Crippen LogP contribution in [0.2, 0.25) is 0 Å². The number of hydrogen-bond acceptors (Lipinski definition) is 5. The maximum atomic E-state index is 11.5. The van der Waals surface area contributed by atoms with Crippen molar-refractivity contribution in [3.05, 3.63) is 35.9 Å². The minimum Gasteiger partial charge on any atom is -0.735 e. The van der Waals surface area contributed by atoms with Crippen molar-refractivity contribution in [2.24, 2.45) is 0 Å². The van der Waals surface area contributed by atoms with Crippen LogP contribution in [0.3, 0.4) is 0 Å². The summed E-state index contributed by atoms with van der Waals surface area (Å²) in [6.07, 6.45) is 10.3. The molecule has 37 heavy (non-hydrogen) atoms. The molecule has 1 N–H and O–H groups in total. The van der Waals surface area contributed by atoms with E-state index in [4.69, 9.17) is 16.3 Å². The second kappa shape index (κ2) is 18.0. The molecule has 1 unspecified atom stereocenters. The van der Waals surface area contributed by atoms with Gasteiger partial charge in [0.15, 0.2) is 10.3 Å². The van der Waals surface area contributed by atoms with Gasteiger partial charge in [0.1, 0.15) is 0 Å². The van der Waals surface area contributed by atoms with Crippen molar-refractivity contribution >= 4 is 28.0 Å². The molecule has 0 spiro atoms. The predicted octanol–water partition coefficient (Wildman–Crippen LogP) is 5.80. The molecule has 0 saturated carbocycles. The third-order valence-corrected chi connectivity index (χ3v) is 7.97. The van der Waals surface area contributed by atoms with Gasteiger partial charge in [-0.25, -0.2) is 17.5 Å². The van der Waals surface area contributed by atoms with E-state index in [1.807, 2.05) is 0 Å². The fraction of sp³-hybridized carbons (Fsp3) is 0.741. The zero-order chi connectivity index (χ0) is 27.7. The summed E-state index contributed by atoms with van der Waals surface area (Å²) in [6, 6.07) is 8.30. The lowest BCUT2D eigenvalue weighted by Crippen LogP contribution is -2.60. The number of carbonyl (C=O) groups excluding carboxylic acids is 1. The van der Waals surface area contributed by atoms with Crippen LogP contribution in [-0.4, -0.2) is 73.2 Å². The van der Waals surface area contributed by atoms with Crippen molar-refractivity contribution in [1.29, 1.82) is 0 Å². The number of nitrogens with one attached hydrogen (secondary N) is 1. The molecule has 2 rings (SSSR count). The molecule has 10 heteroatoms. The van der Waals surface area contributed by atoms with E-state index < -0.39 is 28.0 Å². The van der Waals surface area contributed by atoms with E-state index in [-0.39, 0.29) is 13.1 Å². The first-order chi connectivity index (χ1) is 17.6. The van der Waals surface area contributed by atoms with Crippen molar-refractivity contribution in [3.8, 4) is 0 Å². The predicted molar refractivity (Wildman–Crippen MR) is 149 cm³/mol. The molecular weight excluding hydrogens is 514 g/mol. The summed E-state index contributed by atoms with van der Waals surface area (Å²) in [7, 11) is -4.44. The Labute approximate surface area is 230 Å². The first-order valence-corrected chi connectivity index (χ1v) is 15.6. The molecule has 1 amide bonds. The molecule has 8 nitrogen and oxygen atoms in total. The van der Waals surface area contributed by atoms with E-state index in [1.54, 1.807) is 30.3 Å². The van der Waals surface area contributed by atoms with E-state index in [0.717, 1.165) is 0 Å². The standard InChI is InChI=1S/C16H36N.C11H13ClN2O5S/c1-5-9-13-17(14-10-6-2,15-11-7-3)16-12-8-4;12-10(8-4-2-1-3-5-8)19-11(15)13-9-6-14(7-9)20(16,17)18/h5-16H2,1-4H3;1-5,9-10H,6-7H2,(H,13,15)(H,16,17,18)/q+1;/p-1. The van der Waals surface area contributed by atoms with E-state index in [9.17, 15) is 17.8 Å². The van der Waals surface area contributed by atoms with Crippen molar-refractivity contribution in [2.45, 2.75) is 90.7 Å². The van der Waals surface area contributed by atoms with Gasteiger partial charge in [0.25, 0.3) is 0 Å². The highest BCUT2D eigenvalue weighted by molar-refractivity contribution is 7.83. The van der Waals surface area contributed by atoms with Gasteiger partial charge < -0.3 is 19.1 Å². The molecule has 1 fully saturated rings. The number of quaternary nitrogens is 1. The number of alkyl carbamates (subject to hydrolysis) is 1. The fourth-order valence-electron chi connectivity index (χ4n) is 4.32. The van der Waals surface area contributed by atoms with E-state index in [0.29, 0.717) is 9.87 Å². The van der Waals surface area contributed by atoms with Crippen molar-refractivity contribution in [1.82, 2.24) is 9.62 Å². The number of carbonyl (C=O) groups is 1. The van der Waals surface area contributed by atoms with Gasteiger partial charge in [0, 0.05) is 18.7 Å². The molecule has 1 aromatic carbocycles. The molecule has 0 radical (unpaired) electrons. The van der Waals surface area contributed by atoms with Crippen LogP contribution in [-0.2, 0) is 15.0 Å². The summed E-state index contributed by atoms with van der Waals surface area (Å²) in [5.41, 5.74) is -0.308. The van der Waals surface area contributed by atoms with Gasteiger partial charge in [-0.05, 0) is 25.7 Å². The molecule has 214 valence electrons. The Balaban J connectivity index is 0.000000377. The van der Waals surface area contributed by atoms with Gasteiger partial charge in [-0.2, -0.15) is 0 Å². The van der Waals surface area contributed by atoms with Gasteiger partial charge in [-0.15, -0.1) is 0 Å². The van der Waals surface area contributed by atoms with Crippen LogP contribution in [0.4, 0.5) is 4.79 Å². The number of hydrogen-bond donors (Lipinski definition) is 1. The average Bonchev–Trinajstić information content (AvgIpc) is 2.85. The van der Waals surface area contributed by atoms with Crippen molar-refractivity contribution < 1.29 is 27.0 Å². The number of alkyl halides is 1. The SMILES string of the molecule is CCCC[N+](CCCC)(CCCC)CCCC.O=C(NC1CN(S(=O)(=O)[O-])C1)OC(Cl)c1ccccc1. The minimum atomic E-state index is -4.44. The third kappa shape index (κ3) is 13.3. The van der Waals surface area contributed by atoms with Crippen LogP contribution in [0.5, 0.6) is 0 Å². The number of nitrogens with zero attached hydrogens (tertiary/aromatic N) is 2. The van der Waals surface area contributed by atoms with Gasteiger partial charge >= 0.3 is 6.09 Å². The Kier molecular flexibility index (Phi) is 16.4. The number of benzene rings is 1. The summed E-state index contributed by atoms with van der Waals surface area (Å²) < 4.78 is 38.9. The minimum absolute atomic E-state index is 0.0563. The van der Waals surface area contributed by atoms with E-state index in [1.165, 1.54) is 82.0 Å². The topological polar surface area (TPSA) is 98.8 Å². The average molecular weight is 562 g/mol. The summed E-state index contributed by atoms with van der Waals surface area (Å²) in [6.45, 7) is 14.9. The quantitative estimate of drug-likeness (QED) is 0.156. The maximum Gasteiger partial charge on any atom is 0.409 e. The summed E-state index contributed by atoms with van der Waals surface area (Å²) >= 11 is 5.91. The summed E-state index contributed by atoms with van der Waals surface area (Å²) in [5, 5.41) is 2.43. The van der Waals surface area contributed by atoms with Crippen LogP contribution in [0.1, 0.15) is 90.2 Å². The van der Waals surface area contributed by atoms with Gasteiger partial charge in [-0.3, -0.25) is 0 Å². The molecule has 1 aromatic rings. The number of rotatable bonds is 16. The monoisotopic (exact) mass is 561 g/mol. The third-order valence-electron chi connectivity index (χ3n) is 6.70. The Morgan fingerprint density at radius 2 is 1.41 bits per heavy atom. The molecule has 1 aliphatic heterocycles. The number of ether oxygens (including phenoxy) is 1. The largest absolute Gasteiger partial charge is 0.735 e. The second-order valence-electron chi connectivity index (χ2n) is 9.90. The molecule has 1 aliphatic rings. The van der Waals surface area contributed by atoms with Crippen LogP contribution >= 0.6 is 11.6 Å². The Morgan fingerprint density at radius 1 is 0.973 bits per heavy atom. The summed E-state index contributed by atoms with van der Waals surface area (Å²) in [4.78, 5) is 11.5. The highest BCUT2D eigenvalue weighted by Crippen LogP contribution is 2.22. The number of unbranched alkanes of at least 4 members (excludes halogenated alkanes) is 4. The smallest absolute Gasteiger partial charge is 0.409 e. The molecular formula is C27H48ClN3O5S. The van der Waals surface area contributed by atoms with E-state index in [2.05, 4.69) is 33.0 Å². The first-order valence-electron chi connectivity index (χ1n) is 13.8. The van der Waals surface area contributed by atoms with Crippen molar-refractivity contribution in [3.63, 3.8) is 0 Å². The van der Waals surface area contributed by atoms with Crippen LogP contribution in [0, 0.1) is 0 Å². The van der Waals surface area contributed by atoms with E-state index >= 15 is 0 Å². The Hall–Kier alpha value is -1.39. The maximum absolute atomic E-state index is 11.5. The first kappa shape index (κ1) is 33.6. The van der Waals surface area contributed by atoms with Gasteiger partial charge in [0.05, 0.1) is 32.2 Å². The van der Waals surface area contributed by atoms with Gasteiger partial charge in [-0.1, -0.05) is 95.3 Å². The van der Waals surface area contributed by atoms with Crippen molar-refractivity contribution in [2.75, 3.05) is 39.3 Å². The van der Waals surface area contributed by atoms with Crippen LogP contribution < -0.4 is 5.32 Å². The lowest BCUT2D eigenvalue weighted by atomic mass is 10.1. The normalized spacial score (nSPS) is 15.3. The van der Waals surface area contributed by atoms with Crippen LogP contribution in [0.25, 0.3) is 0 Å². The number of halogens is 1. The zero-order valence-corrected chi connectivity index (χ0v) is 24.7. The molecule has 1 atom stereocenters. The lowest BCUT2D eigenvalue weighted by Gasteiger charge is -2.39. The van der Waals surface area contributed by atoms with Crippen LogP contribution in [0.15, 0.2) is 30.3 Å². The fourth-order valence-corrected chi connectivity index (χ4v) is 5.28. The molecule has 0 bridgehead atoms. The highest BCUT2D eigenvalue weighted by Gasteiger charge is 2.32. The molecule has 1 heterocycles. The molecule has 0 aliphatic carbocycles. The molecule has 1 saturated heterocycles. The Morgan fingerprint density at radius 3 is 1.78 bits per heavy atom. The zero-order valence-electron chi connectivity index (χ0n) is 23.2. The molecule has 0 aromatic heterocycles. The second-order valence-corrected chi connectivity index (χ2v) is 11.7. The van der Waals surface area contributed by atoms with Gasteiger partial charge in [0.2, 0.25) is 5.56 Å². The number of amides is 1. The highest BCUT2D eigenvalue weighted by atomic mass is 35.5.